The van der Waals surface area contributed by atoms with Gasteiger partial charge in [0.25, 0.3) is 0 Å². The fourth-order valence-corrected chi connectivity index (χ4v) is 4.02. The molecular weight excluding hydrogens is 457 g/mol. The summed E-state index contributed by atoms with van der Waals surface area (Å²) in [6, 6.07) is 16.4. The van der Waals surface area contributed by atoms with Crippen LogP contribution in [0.25, 0.3) is 11.4 Å². The molecule has 4 aromatic rings. The molecule has 1 N–H and O–H groups in total. The first-order valence-corrected chi connectivity index (χ1v) is 10.9. The molecule has 0 fully saturated rings. The summed E-state index contributed by atoms with van der Waals surface area (Å²) >= 11 is 13.4. The van der Waals surface area contributed by atoms with Gasteiger partial charge in [-0.25, -0.2) is 4.68 Å². The minimum absolute atomic E-state index is 0.105. The summed E-state index contributed by atoms with van der Waals surface area (Å²) in [4.78, 5) is 12.5. The number of ether oxygens (including phenoxy) is 1. The van der Waals surface area contributed by atoms with Crippen LogP contribution in [0.3, 0.4) is 0 Å². The van der Waals surface area contributed by atoms with Gasteiger partial charge in [-0.3, -0.25) is 9.47 Å². The van der Waals surface area contributed by atoms with Crippen molar-refractivity contribution in [3.8, 4) is 17.1 Å². The quantitative estimate of drug-likeness (QED) is 0.377. The van der Waals surface area contributed by atoms with E-state index in [9.17, 15) is 4.79 Å². The highest BCUT2D eigenvalue weighted by Gasteiger charge is 2.19. The molecule has 0 saturated heterocycles. The second-order valence-corrected chi connectivity index (χ2v) is 8.05. The topological polar surface area (TPSA) is 74.0 Å². The van der Waals surface area contributed by atoms with E-state index in [0.29, 0.717) is 32.5 Å². The molecule has 2 aromatic carbocycles. The third-order valence-corrected chi connectivity index (χ3v) is 6.08. The minimum Gasteiger partial charge on any atom is -0.496 e. The Labute approximate surface area is 192 Å². The average molecular weight is 474 g/mol. The van der Waals surface area contributed by atoms with Crippen LogP contribution in [-0.2, 0) is 4.79 Å². The number of anilines is 1. The SMILES string of the molecule is COc1ccccc1-c1nnc(SCC(=O)Nc2cccc(Cl)c2Cl)n1-n1cccc1. The Balaban J connectivity index is 1.60. The van der Waals surface area contributed by atoms with Crippen molar-refractivity contribution in [2.75, 3.05) is 18.2 Å². The number of thioether (sulfide) groups is 1. The van der Waals surface area contributed by atoms with Crippen molar-refractivity contribution < 1.29 is 9.53 Å². The zero-order valence-corrected chi connectivity index (χ0v) is 18.7. The maximum atomic E-state index is 12.5. The highest BCUT2D eigenvalue weighted by Crippen LogP contribution is 2.32. The van der Waals surface area contributed by atoms with E-state index in [4.69, 9.17) is 27.9 Å². The van der Waals surface area contributed by atoms with Gasteiger partial charge in [-0.05, 0) is 36.4 Å². The molecule has 0 aliphatic carbocycles. The summed E-state index contributed by atoms with van der Waals surface area (Å²) < 4.78 is 9.15. The summed E-state index contributed by atoms with van der Waals surface area (Å²) in [6.07, 6.45) is 3.75. The molecule has 2 aromatic heterocycles. The smallest absolute Gasteiger partial charge is 0.234 e. The average Bonchev–Trinajstić information content (AvgIpc) is 3.45. The summed E-state index contributed by atoms with van der Waals surface area (Å²) in [7, 11) is 1.61. The minimum atomic E-state index is -0.241. The normalized spacial score (nSPS) is 10.8. The summed E-state index contributed by atoms with van der Waals surface area (Å²) in [5.74, 6) is 1.13. The number of benzene rings is 2. The van der Waals surface area contributed by atoms with E-state index in [2.05, 4.69) is 15.5 Å². The van der Waals surface area contributed by atoms with Crippen LogP contribution in [0.15, 0.2) is 72.1 Å². The number of aromatic nitrogens is 4. The van der Waals surface area contributed by atoms with Gasteiger partial charge in [-0.1, -0.05) is 53.2 Å². The molecule has 158 valence electrons. The van der Waals surface area contributed by atoms with Gasteiger partial charge in [-0.2, -0.15) is 0 Å². The maximum absolute atomic E-state index is 12.5. The first-order chi connectivity index (χ1) is 15.1. The van der Waals surface area contributed by atoms with Crippen molar-refractivity contribution in [3.05, 3.63) is 77.0 Å². The fourth-order valence-electron chi connectivity index (χ4n) is 2.94. The van der Waals surface area contributed by atoms with Crippen molar-refractivity contribution in [2.24, 2.45) is 0 Å². The molecule has 0 saturated carbocycles. The van der Waals surface area contributed by atoms with Crippen molar-refractivity contribution in [2.45, 2.75) is 5.16 Å². The molecule has 0 radical (unpaired) electrons. The molecule has 0 unspecified atom stereocenters. The van der Waals surface area contributed by atoms with E-state index >= 15 is 0 Å². The predicted octanol–water partition coefficient (Wildman–Crippen LogP) is 5.10. The zero-order chi connectivity index (χ0) is 21.8. The van der Waals surface area contributed by atoms with Crippen molar-refractivity contribution in [1.82, 2.24) is 19.5 Å². The van der Waals surface area contributed by atoms with Crippen molar-refractivity contribution in [1.29, 1.82) is 0 Å². The Morgan fingerprint density at radius 1 is 1.06 bits per heavy atom. The molecule has 10 heteroatoms. The van der Waals surface area contributed by atoms with E-state index in [-0.39, 0.29) is 11.7 Å². The molecule has 4 rings (SSSR count). The Morgan fingerprint density at radius 3 is 2.61 bits per heavy atom. The first-order valence-electron chi connectivity index (χ1n) is 9.17. The van der Waals surface area contributed by atoms with Gasteiger partial charge in [0.05, 0.1) is 34.2 Å². The zero-order valence-electron chi connectivity index (χ0n) is 16.3. The monoisotopic (exact) mass is 473 g/mol. The molecule has 0 bridgehead atoms. The number of hydrogen-bond acceptors (Lipinski definition) is 5. The fraction of sp³-hybridized carbons (Fsp3) is 0.0952. The van der Waals surface area contributed by atoms with E-state index in [1.807, 2.05) is 58.1 Å². The second kappa shape index (κ2) is 9.47. The lowest BCUT2D eigenvalue weighted by Crippen LogP contribution is -2.16. The van der Waals surface area contributed by atoms with Gasteiger partial charge in [-0.15, -0.1) is 10.2 Å². The first kappa shape index (κ1) is 21.3. The summed E-state index contributed by atoms with van der Waals surface area (Å²) in [5.41, 5.74) is 1.24. The Morgan fingerprint density at radius 2 is 1.84 bits per heavy atom. The van der Waals surface area contributed by atoms with Crippen LogP contribution < -0.4 is 10.1 Å². The van der Waals surface area contributed by atoms with Crippen LogP contribution in [0.5, 0.6) is 5.75 Å². The Kier molecular flexibility index (Phi) is 6.50. The third kappa shape index (κ3) is 4.56. The highest BCUT2D eigenvalue weighted by atomic mass is 35.5. The predicted molar refractivity (Wildman–Crippen MR) is 123 cm³/mol. The molecule has 31 heavy (non-hydrogen) atoms. The molecular formula is C21H17Cl2N5O2S. The number of amides is 1. The number of halogens is 2. The van der Waals surface area contributed by atoms with E-state index in [0.717, 1.165) is 5.56 Å². The lowest BCUT2D eigenvalue weighted by atomic mass is 10.2. The highest BCUT2D eigenvalue weighted by molar-refractivity contribution is 7.99. The lowest BCUT2D eigenvalue weighted by Gasteiger charge is -2.13. The number of nitrogens with one attached hydrogen (secondary N) is 1. The van der Waals surface area contributed by atoms with Crippen LogP contribution in [0.1, 0.15) is 0 Å². The number of para-hydroxylation sites is 1. The number of carbonyl (C=O) groups excluding carboxylic acids is 1. The Hall–Kier alpha value is -2.94. The summed E-state index contributed by atoms with van der Waals surface area (Å²) in [5, 5.41) is 12.7. The maximum Gasteiger partial charge on any atom is 0.234 e. The molecule has 1 amide bonds. The van der Waals surface area contributed by atoms with E-state index in [1.54, 1.807) is 25.3 Å². The van der Waals surface area contributed by atoms with Crippen LogP contribution in [-0.4, -0.2) is 38.3 Å². The van der Waals surface area contributed by atoms with Gasteiger partial charge in [0.1, 0.15) is 5.75 Å². The molecule has 0 aliphatic rings. The summed E-state index contributed by atoms with van der Waals surface area (Å²) in [6.45, 7) is 0. The largest absolute Gasteiger partial charge is 0.496 e. The van der Waals surface area contributed by atoms with Crippen LogP contribution in [0.4, 0.5) is 5.69 Å². The molecule has 0 aliphatic heterocycles. The lowest BCUT2D eigenvalue weighted by molar-refractivity contribution is -0.113. The number of hydrogen-bond donors (Lipinski definition) is 1. The van der Waals surface area contributed by atoms with Crippen molar-refractivity contribution in [3.63, 3.8) is 0 Å². The Bertz CT molecular complexity index is 1210. The van der Waals surface area contributed by atoms with Gasteiger partial charge in [0.2, 0.25) is 11.1 Å². The van der Waals surface area contributed by atoms with Gasteiger partial charge in [0, 0.05) is 12.4 Å². The number of rotatable bonds is 7. The van der Waals surface area contributed by atoms with Crippen LogP contribution in [0.2, 0.25) is 10.0 Å². The van der Waals surface area contributed by atoms with Gasteiger partial charge >= 0.3 is 0 Å². The number of methoxy groups -OCH3 is 1. The number of nitrogens with zero attached hydrogens (tertiary/aromatic N) is 4. The second-order valence-electron chi connectivity index (χ2n) is 6.32. The van der Waals surface area contributed by atoms with Gasteiger partial charge < -0.3 is 10.1 Å². The number of carbonyl (C=O) groups is 1. The van der Waals surface area contributed by atoms with Crippen molar-refractivity contribution >= 4 is 46.6 Å². The van der Waals surface area contributed by atoms with Crippen LogP contribution >= 0.6 is 35.0 Å². The van der Waals surface area contributed by atoms with E-state index in [1.165, 1.54) is 11.8 Å². The molecule has 0 spiro atoms. The standard InChI is InChI=1S/C21H17Cl2N5O2S/c1-30-17-10-3-2-7-14(17)20-25-26-21(28(20)27-11-4-5-12-27)31-13-18(29)24-16-9-6-8-15(22)19(16)23/h2-12H,13H2,1H3,(H,24,29). The molecule has 7 nitrogen and oxygen atoms in total. The van der Waals surface area contributed by atoms with E-state index < -0.39 is 0 Å². The molecule has 2 heterocycles. The third-order valence-electron chi connectivity index (χ3n) is 4.34. The van der Waals surface area contributed by atoms with Crippen LogP contribution in [0, 0.1) is 0 Å². The molecule has 0 atom stereocenters. The van der Waals surface area contributed by atoms with Gasteiger partial charge in [0.15, 0.2) is 5.82 Å².